The maximum Gasteiger partial charge on any atom is 0.252 e. The van der Waals surface area contributed by atoms with Crippen LogP contribution >= 0.6 is 0 Å². The van der Waals surface area contributed by atoms with Gasteiger partial charge in [-0.05, 0) is 42.3 Å². The molecule has 196 valence electrons. The average molecular weight is 516 g/mol. The second kappa shape index (κ2) is 11.4. The number of morpholine rings is 1. The zero-order valence-electron chi connectivity index (χ0n) is 21.0. The van der Waals surface area contributed by atoms with Crippen LogP contribution < -0.4 is 20.9 Å². The van der Waals surface area contributed by atoms with Gasteiger partial charge in [0.1, 0.15) is 18.1 Å². The lowest BCUT2D eigenvalue weighted by atomic mass is 10.0. The third kappa shape index (κ3) is 5.84. The summed E-state index contributed by atoms with van der Waals surface area (Å²) in [5.74, 6) is 0.0183. The Labute approximate surface area is 221 Å². The van der Waals surface area contributed by atoms with Gasteiger partial charge in [0.25, 0.3) is 5.91 Å². The number of piperidine rings is 1. The van der Waals surface area contributed by atoms with E-state index in [0.717, 1.165) is 43.2 Å². The van der Waals surface area contributed by atoms with E-state index in [1.807, 2.05) is 11.0 Å². The van der Waals surface area contributed by atoms with Crippen LogP contribution in [0.1, 0.15) is 33.6 Å². The number of rotatable bonds is 7. The molecule has 1 aromatic carbocycles. The van der Waals surface area contributed by atoms with Gasteiger partial charge >= 0.3 is 0 Å². The molecule has 0 aliphatic carbocycles. The smallest absolute Gasteiger partial charge is 0.252 e. The molecule has 5 rings (SSSR count). The van der Waals surface area contributed by atoms with Crippen molar-refractivity contribution >= 4 is 23.1 Å². The Hall–Kier alpha value is -4.23. The Bertz CT molecular complexity index is 1300. The van der Waals surface area contributed by atoms with Gasteiger partial charge in [-0.15, -0.1) is 0 Å². The molecule has 0 unspecified atom stereocenters. The number of ether oxygens (including phenoxy) is 1. The third-order valence-electron chi connectivity index (χ3n) is 7.01. The number of nitrogens with two attached hydrogens (primary N) is 1. The number of anilines is 3. The van der Waals surface area contributed by atoms with Crippen LogP contribution in [-0.2, 0) is 11.2 Å². The first-order chi connectivity index (χ1) is 18.5. The molecule has 1 amide bonds. The molecule has 4 heterocycles. The average Bonchev–Trinajstić information content (AvgIpc) is 2.95. The van der Waals surface area contributed by atoms with E-state index in [4.69, 9.17) is 15.7 Å². The Kier molecular flexibility index (Phi) is 7.65. The summed E-state index contributed by atoms with van der Waals surface area (Å²) in [5.41, 5.74) is 9.79. The standard InChI is InChI=1S/C28H30FN7O2/c29-24-18-36(27-6-3-20(15-30)16-33-27)8-7-25(24)34-26-14-21(32-17-23(26)28(31)37)13-19-1-4-22(5-2-19)35-9-11-38-12-10-35/h1-6,14,16-17,24-25H,7-13,18H2,(H2,31,37)(H,32,34)/t24-,25+/m0/s1. The molecule has 2 aromatic heterocycles. The maximum atomic E-state index is 15.3. The highest BCUT2D eigenvalue weighted by Crippen LogP contribution is 2.26. The van der Waals surface area contributed by atoms with Crippen LogP contribution in [0, 0.1) is 11.3 Å². The van der Waals surface area contributed by atoms with Gasteiger partial charge in [-0.25, -0.2) is 9.37 Å². The fraction of sp³-hybridized carbons (Fsp3) is 0.357. The summed E-state index contributed by atoms with van der Waals surface area (Å²) in [6, 6.07) is 15.1. The van der Waals surface area contributed by atoms with Crippen LogP contribution in [0.3, 0.4) is 0 Å². The number of aromatic nitrogens is 2. The van der Waals surface area contributed by atoms with Gasteiger partial charge in [-0.3, -0.25) is 9.78 Å². The molecule has 2 aliphatic heterocycles. The van der Waals surface area contributed by atoms with E-state index in [0.29, 0.717) is 36.5 Å². The molecule has 2 saturated heterocycles. The monoisotopic (exact) mass is 515 g/mol. The first kappa shape index (κ1) is 25.4. The molecule has 3 aromatic rings. The number of amides is 1. The van der Waals surface area contributed by atoms with Crippen molar-refractivity contribution in [3.63, 3.8) is 0 Å². The van der Waals surface area contributed by atoms with Crippen LogP contribution in [0.15, 0.2) is 54.9 Å². The van der Waals surface area contributed by atoms with Gasteiger partial charge in [-0.1, -0.05) is 12.1 Å². The van der Waals surface area contributed by atoms with Crippen molar-refractivity contribution in [3.05, 3.63) is 77.2 Å². The molecule has 2 fully saturated rings. The molecule has 2 aliphatic rings. The molecular formula is C28H30FN7O2. The number of primary amides is 1. The molecule has 0 saturated carbocycles. The van der Waals surface area contributed by atoms with E-state index >= 15 is 4.39 Å². The van der Waals surface area contributed by atoms with Crippen molar-refractivity contribution in [2.45, 2.75) is 25.1 Å². The number of benzene rings is 1. The minimum atomic E-state index is -1.20. The van der Waals surface area contributed by atoms with E-state index in [1.165, 1.54) is 12.4 Å². The lowest BCUT2D eigenvalue weighted by molar-refractivity contribution is 0.100. The predicted molar refractivity (Wildman–Crippen MR) is 143 cm³/mol. The third-order valence-corrected chi connectivity index (χ3v) is 7.01. The summed E-state index contributed by atoms with van der Waals surface area (Å²) >= 11 is 0. The molecule has 9 nitrogen and oxygen atoms in total. The van der Waals surface area contributed by atoms with Crippen LogP contribution in [0.5, 0.6) is 0 Å². The number of nitrogens with zero attached hydrogens (tertiary/aromatic N) is 5. The lowest BCUT2D eigenvalue weighted by Gasteiger charge is -2.36. The number of hydrogen-bond donors (Lipinski definition) is 2. The molecular weight excluding hydrogens is 485 g/mol. The van der Waals surface area contributed by atoms with Gasteiger partial charge in [0, 0.05) is 49.8 Å². The van der Waals surface area contributed by atoms with Crippen molar-refractivity contribution in [1.82, 2.24) is 9.97 Å². The first-order valence-corrected chi connectivity index (χ1v) is 12.7. The highest BCUT2D eigenvalue weighted by Gasteiger charge is 2.30. The second-order valence-corrected chi connectivity index (χ2v) is 9.55. The number of nitrogens with one attached hydrogen (secondary N) is 1. The second-order valence-electron chi connectivity index (χ2n) is 9.55. The molecule has 0 radical (unpaired) electrons. The van der Waals surface area contributed by atoms with E-state index < -0.39 is 18.1 Å². The Morgan fingerprint density at radius 1 is 1.11 bits per heavy atom. The maximum absolute atomic E-state index is 15.3. The predicted octanol–water partition coefficient (Wildman–Crippen LogP) is 2.90. The molecule has 10 heteroatoms. The Balaban J connectivity index is 1.26. The van der Waals surface area contributed by atoms with Gasteiger partial charge in [0.2, 0.25) is 0 Å². The van der Waals surface area contributed by atoms with Gasteiger partial charge in [0.15, 0.2) is 0 Å². The largest absolute Gasteiger partial charge is 0.378 e. The van der Waals surface area contributed by atoms with E-state index in [-0.39, 0.29) is 12.1 Å². The number of nitriles is 1. The molecule has 3 N–H and O–H groups in total. The van der Waals surface area contributed by atoms with Crippen molar-refractivity contribution in [2.24, 2.45) is 5.73 Å². The van der Waals surface area contributed by atoms with Crippen molar-refractivity contribution in [3.8, 4) is 6.07 Å². The highest BCUT2D eigenvalue weighted by molar-refractivity contribution is 5.98. The Morgan fingerprint density at radius 3 is 2.55 bits per heavy atom. The number of pyridine rings is 2. The molecule has 0 bridgehead atoms. The summed E-state index contributed by atoms with van der Waals surface area (Å²) in [5, 5.41) is 12.2. The SMILES string of the molecule is N#Cc1ccc(N2CC[C@@H](Nc3cc(Cc4ccc(N5CCOCC5)cc4)ncc3C(N)=O)[C@@H](F)C2)nc1. The van der Waals surface area contributed by atoms with E-state index in [9.17, 15) is 4.79 Å². The highest BCUT2D eigenvalue weighted by atomic mass is 19.1. The minimum Gasteiger partial charge on any atom is -0.378 e. The van der Waals surface area contributed by atoms with Gasteiger partial charge in [-0.2, -0.15) is 5.26 Å². The van der Waals surface area contributed by atoms with E-state index in [2.05, 4.69) is 44.5 Å². The quantitative estimate of drug-likeness (QED) is 0.493. The molecule has 2 atom stereocenters. The van der Waals surface area contributed by atoms with Crippen LogP contribution in [-0.4, -0.2) is 67.5 Å². The van der Waals surface area contributed by atoms with Crippen molar-refractivity contribution in [2.75, 3.05) is 54.5 Å². The zero-order valence-corrected chi connectivity index (χ0v) is 21.0. The zero-order chi connectivity index (χ0) is 26.5. The van der Waals surface area contributed by atoms with Crippen molar-refractivity contribution < 1.29 is 13.9 Å². The number of hydrogen-bond acceptors (Lipinski definition) is 8. The number of carbonyl (C=O) groups is 1. The number of alkyl halides is 1. The summed E-state index contributed by atoms with van der Waals surface area (Å²) in [6.07, 6.45) is 2.82. The summed E-state index contributed by atoms with van der Waals surface area (Å²) in [7, 11) is 0. The minimum absolute atomic E-state index is 0.149. The van der Waals surface area contributed by atoms with Crippen LogP contribution in [0.4, 0.5) is 21.6 Å². The van der Waals surface area contributed by atoms with Crippen LogP contribution in [0.25, 0.3) is 0 Å². The molecule has 38 heavy (non-hydrogen) atoms. The number of carbonyl (C=O) groups excluding carboxylic acids is 1. The summed E-state index contributed by atoms with van der Waals surface area (Å²) < 4.78 is 20.7. The van der Waals surface area contributed by atoms with Crippen LogP contribution in [0.2, 0.25) is 0 Å². The van der Waals surface area contributed by atoms with E-state index in [1.54, 1.807) is 18.2 Å². The fourth-order valence-electron chi connectivity index (χ4n) is 4.88. The summed E-state index contributed by atoms with van der Waals surface area (Å²) in [6.45, 7) is 3.95. The lowest BCUT2D eigenvalue weighted by Crippen LogP contribution is -2.48. The van der Waals surface area contributed by atoms with Crippen molar-refractivity contribution in [1.29, 1.82) is 5.26 Å². The van der Waals surface area contributed by atoms with Gasteiger partial charge < -0.3 is 25.6 Å². The summed E-state index contributed by atoms with van der Waals surface area (Å²) in [4.78, 5) is 25.0. The normalized spacial score (nSPS) is 19.6. The Morgan fingerprint density at radius 2 is 1.89 bits per heavy atom. The molecule has 0 spiro atoms. The number of halogens is 1. The van der Waals surface area contributed by atoms with Gasteiger partial charge in [0.05, 0.1) is 42.6 Å². The first-order valence-electron chi connectivity index (χ1n) is 12.7. The fourth-order valence-corrected chi connectivity index (χ4v) is 4.88. The topological polar surface area (TPSA) is 120 Å².